The van der Waals surface area contributed by atoms with Crippen LogP contribution in [0.1, 0.15) is 43.4 Å². The van der Waals surface area contributed by atoms with Crippen molar-refractivity contribution in [3.05, 3.63) is 35.1 Å². The lowest BCUT2D eigenvalue weighted by molar-refractivity contribution is -0.147. The number of nitrogens with zero attached hydrogens (tertiary/aromatic N) is 1. The minimum absolute atomic E-state index is 0.145. The van der Waals surface area contributed by atoms with E-state index in [1.54, 1.807) is 30.9 Å². The molecule has 6 heteroatoms. The van der Waals surface area contributed by atoms with Crippen molar-refractivity contribution in [1.82, 2.24) is 10.2 Å². The van der Waals surface area contributed by atoms with Crippen LogP contribution in [-0.2, 0) is 4.79 Å². The molecule has 2 atom stereocenters. The highest BCUT2D eigenvalue weighted by atomic mass is 19.1. The third kappa shape index (κ3) is 3.23. The number of urea groups is 1. The molecular formula is C18H23FN2O3. The molecule has 130 valence electrons. The Hall–Kier alpha value is -2.11. The van der Waals surface area contributed by atoms with Crippen molar-refractivity contribution >= 4 is 12.0 Å². The van der Waals surface area contributed by atoms with E-state index in [4.69, 9.17) is 0 Å². The highest BCUT2D eigenvalue weighted by Crippen LogP contribution is 2.41. The van der Waals surface area contributed by atoms with E-state index in [9.17, 15) is 19.1 Å². The molecule has 2 amide bonds. The maximum absolute atomic E-state index is 13.5. The Morgan fingerprint density at radius 1 is 1.42 bits per heavy atom. The molecule has 2 N–H and O–H groups in total. The Morgan fingerprint density at radius 3 is 2.67 bits per heavy atom. The monoisotopic (exact) mass is 334 g/mol. The third-order valence-electron chi connectivity index (χ3n) is 5.19. The lowest BCUT2D eigenvalue weighted by Gasteiger charge is -2.25. The molecule has 1 aliphatic heterocycles. The van der Waals surface area contributed by atoms with Gasteiger partial charge in [0.2, 0.25) is 0 Å². The van der Waals surface area contributed by atoms with Crippen molar-refractivity contribution in [2.75, 3.05) is 13.1 Å². The van der Waals surface area contributed by atoms with Gasteiger partial charge in [0, 0.05) is 13.1 Å². The summed E-state index contributed by atoms with van der Waals surface area (Å²) in [5.74, 6) is -0.755. The summed E-state index contributed by atoms with van der Waals surface area (Å²) in [5, 5.41) is 12.3. The maximum atomic E-state index is 13.5. The van der Waals surface area contributed by atoms with E-state index in [0.717, 1.165) is 18.4 Å². The van der Waals surface area contributed by atoms with E-state index in [1.165, 1.54) is 6.07 Å². The molecule has 5 nitrogen and oxygen atoms in total. The fourth-order valence-electron chi connectivity index (χ4n) is 3.30. The highest BCUT2D eigenvalue weighted by Gasteiger charge is 2.43. The van der Waals surface area contributed by atoms with E-state index in [1.807, 2.05) is 0 Å². The first kappa shape index (κ1) is 16.7. The average molecular weight is 334 g/mol. The van der Waals surface area contributed by atoms with Crippen LogP contribution < -0.4 is 5.32 Å². The number of halogens is 1. The Balaban J connectivity index is 1.71. The molecule has 2 unspecified atom stereocenters. The summed E-state index contributed by atoms with van der Waals surface area (Å²) in [7, 11) is 0. The number of carboxylic acids is 1. The lowest BCUT2D eigenvalue weighted by Crippen LogP contribution is -2.42. The number of aliphatic carboxylic acids is 1. The van der Waals surface area contributed by atoms with Gasteiger partial charge in [0.05, 0.1) is 11.5 Å². The predicted molar refractivity (Wildman–Crippen MR) is 87.1 cm³/mol. The van der Waals surface area contributed by atoms with Gasteiger partial charge >= 0.3 is 12.0 Å². The van der Waals surface area contributed by atoms with Gasteiger partial charge in [-0.2, -0.15) is 0 Å². The zero-order chi connectivity index (χ0) is 17.5. The number of amides is 2. The number of aryl methyl sites for hydroxylation is 1. The minimum atomic E-state index is -0.876. The molecule has 0 radical (unpaired) electrons. The molecule has 1 aromatic carbocycles. The molecule has 24 heavy (non-hydrogen) atoms. The molecule has 1 aromatic rings. The van der Waals surface area contributed by atoms with Gasteiger partial charge in [0.25, 0.3) is 0 Å². The number of carboxylic acid groups (broad SMARTS) is 1. The summed E-state index contributed by atoms with van der Waals surface area (Å²) in [6.45, 7) is 4.04. The van der Waals surface area contributed by atoms with Gasteiger partial charge in [-0.15, -0.1) is 0 Å². The number of hydrogen-bond donors (Lipinski definition) is 2. The average Bonchev–Trinajstić information content (AvgIpc) is 3.29. The fourth-order valence-corrected chi connectivity index (χ4v) is 3.30. The first-order chi connectivity index (χ1) is 11.3. The molecule has 1 saturated heterocycles. The standard InChI is InChI=1S/C18H23FN2O3/c1-11-9-13(5-6-14(11)19)15(12-3-4-12)20-17(24)21-8-7-18(2,10-21)16(22)23/h5-6,9,12,15H,3-4,7-8,10H2,1-2H3,(H,20,24)(H,22,23). The minimum Gasteiger partial charge on any atom is -0.481 e. The first-order valence-electron chi connectivity index (χ1n) is 8.35. The number of benzene rings is 1. The largest absolute Gasteiger partial charge is 0.481 e. The van der Waals surface area contributed by atoms with Gasteiger partial charge < -0.3 is 15.3 Å². The number of rotatable bonds is 4. The van der Waals surface area contributed by atoms with Crippen LogP contribution in [0.4, 0.5) is 9.18 Å². The van der Waals surface area contributed by atoms with Crippen LogP contribution in [0.2, 0.25) is 0 Å². The van der Waals surface area contributed by atoms with Crippen molar-refractivity contribution in [3.8, 4) is 0 Å². The van der Waals surface area contributed by atoms with Crippen LogP contribution in [0.25, 0.3) is 0 Å². The second-order valence-corrected chi connectivity index (χ2v) is 7.31. The van der Waals surface area contributed by atoms with E-state index in [-0.39, 0.29) is 24.4 Å². The number of nitrogens with one attached hydrogen (secondary N) is 1. The van der Waals surface area contributed by atoms with Gasteiger partial charge in [-0.3, -0.25) is 4.79 Å². The number of hydrogen-bond acceptors (Lipinski definition) is 2. The summed E-state index contributed by atoms with van der Waals surface area (Å²) >= 11 is 0. The van der Waals surface area contributed by atoms with Crippen LogP contribution >= 0.6 is 0 Å². The Morgan fingerprint density at radius 2 is 2.12 bits per heavy atom. The van der Waals surface area contributed by atoms with E-state index in [0.29, 0.717) is 24.4 Å². The molecule has 0 spiro atoms. The predicted octanol–water partition coefficient (Wildman–Crippen LogP) is 3.09. The summed E-state index contributed by atoms with van der Waals surface area (Å²) in [4.78, 5) is 25.5. The summed E-state index contributed by atoms with van der Waals surface area (Å²) in [5.41, 5.74) is 0.593. The second-order valence-electron chi connectivity index (χ2n) is 7.31. The molecule has 1 saturated carbocycles. The van der Waals surface area contributed by atoms with Gasteiger partial charge in [-0.25, -0.2) is 9.18 Å². The number of carbonyl (C=O) groups excluding carboxylic acids is 1. The molecular weight excluding hydrogens is 311 g/mol. The quantitative estimate of drug-likeness (QED) is 0.889. The van der Waals surface area contributed by atoms with E-state index in [2.05, 4.69) is 5.32 Å². The zero-order valence-corrected chi connectivity index (χ0v) is 14.0. The maximum Gasteiger partial charge on any atom is 0.317 e. The van der Waals surface area contributed by atoms with Gasteiger partial charge in [-0.05, 0) is 56.2 Å². The molecule has 2 aliphatic rings. The normalized spacial score (nSPS) is 24.7. The molecule has 1 heterocycles. The van der Waals surface area contributed by atoms with Crippen molar-refractivity contribution in [2.45, 2.75) is 39.2 Å². The van der Waals surface area contributed by atoms with E-state index >= 15 is 0 Å². The lowest BCUT2D eigenvalue weighted by atomic mass is 9.90. The van der Waals surface area contributed by atoms with Crippen LogP contribution in [0.15, 0.2) is 18.2 Å². The van der Waals surface area contributed by atoms with Crippen molar-refractivity contribution in [1.29, 1.82) is 0 Å². The number of carbonyl (C=O) groups is 2. The SMILES string of the molecule is Cc1cc(C(NC(=O)N2CCC(C)(C(=O)O)C2)C2CC2)ccc1F. The molecule has 1 aliphatic carbocycles. The Labute approximate surface area is 140 Å². The molecule has 3 rings (SSSR count). The van der Waals surface area contributed by atoms with Crippen LogP contribution in [0.3, 0.4) is 0 Å². The van der Waals surface area contributed by atoms with Crippen molar-refractivity contribution in [3.63, 3.8) is 0 Å². The highest BCUT2D eigenvalue weighted by molar-refractivity contribution is 5.79. The van der Waals surface area contributed by atoms with Crippen LogP contribution in [0.5, 0.6) is 0 Å². The van der Waals surface area contributed by atoms with Gasteiger partial charge in [0.1, 0.15) is 5.82 Å². The third-order valence-corrected chi connectivity index (χ3v) is 5.19. The van der Waals surface area contributed by atoms with Crippen LogP contribution in [0, 0.1) is 24.1 Å². The Kier molecular flexibility index (Phi) is 4.24. The summed E-state index contributed by atoms with van der Waals surface area (Å²) in [6.07, 6.45) is 2.53. The van der Waals surface area contributed by atoms with E-state index < -0.39 is 11.4 Å². The zero-order valence-electron chi connectivity index (χ0n) is 14.0. The number of likely N-dealkylation sites (tertiary alicyclic amines) is 1. The topological polar surface area (TPSA) is 69.6 Å². The summed E-state index contributed by atoms with van der Waals surface area (Å²) < 4.78 is 13.5. The smallest absolute Gasteiger partial charge is 0.317 e. The van der Waals surface area contributed by atoms with Crippen molar-refractivity contribution in [2.24, 2.45) is 11.3 Å². The van der Waals surface area contributed by atoms with Crippen LogP contribution in [-0.4, -0.2) is 35.1 Å². The first-order valence-corrected chi connectivity index (χ1v) is 8.35. The van der Waals surface area contributed by atoms with Gasteiger partial charge in [0.15, 0.2) is 0 Å². The summed E-state index contributed by atoms with van der Waals surface area (Å²) in [6, 6.07) is 4.55. The van der Waals surface area contributed by atoms with Gasteiger partial charge in [-0.1, -0.05) is 12.1 Å². The van der Waals surface area contributed by atoms with Crippen molar-refractivity contribution < 1.29 is 19.1 Å². The Bertz CT molecular complexity index is 674. The molecule has 2 fully saturated rings. The second kappa shape index (κ2) is 6.07. The fraction of sp³-hybridized carbons (Fsp3) is 0.556. The molecule has 0 aromatic heterocycles. The molecule has 0 bridgehead atoms.